The molecule has 21 heavy (non-hydrogen) atoms. The van der Waals surface area contributed by atoms with Gasteiger partial charge in [0.1, 0.15) is 28.5 Å². The zero-order chi connectivity index (χ0) is 14.4. The van der Waals surface area contributed by atoms with Crippen molar-refractivity contribution in [3.05, 3.63) is 35.7 Å². The highest BCUT2D eigenvalue weighted by Crippen LogP contribution is 2.40. The molecule has 1 aliphatic carbocycles. The van der Waals surface area contributed by atoms with Crippen molar-refractivity contribution in [2.24, 2.45) is 0 Å². The molecular formula is C15H13ClN4O. The Bertz CT molecular complexity index is 825. The molecule has 4 rings (SSSR count). The van der Waals surface area contributed by atoms with Crippen molar-refractivity contribution in [2.75, 3.05) is 0 Å². The summed E-state index contributed by atoms with van der Waals surface area (Å²) in [6, 6.07) is 7.63. The Kier molecular flexibility index (Phi) is 2.65. The number of nitrogens with zero attached hydrogens (tertiary/aromatic N) is 3. The van der Waals surface area contributed by atoms with Crippen molar-refractivity contribution >= 4 is 22.5 Å². The van der Waals surface area contributed by atoms with E-state index in [0.29, 0.717) is 10.8 Å². The highest BCUT2D eigenvalue weighted by atomic mass is 35.5. The average Bonchev–Trinajstić information content (AvgIpc) is 3.03. The third-order valence-electron chi connectivity index (χ3n) is 3.73. The number of halogens is 1. The van der Waals surface area contributed by atoms with Gasteiger partial charge in [-0.15, -0.1) is 0 Å². The van der Waals surface area contributed by atoms with Crippen molar-refractivity contribution in [2.45, 2.75) is 25.4 Å². The number of aromatic nitrogens is 4. The highest BCUT2D eigenvalue weighted by Gasteiger charge is 2.40. The first-order valence-electron chi connectivity index (χ1n) is 6.78. The summed E-state index contributed by atoms with van der Waals surface area (Å²) in [5, 5.41) is 8.73. The molecule has 6 heteroatoms. The highest BCUT2D eigenvalue weighted by molar-refractivity contribution is 6.29. The number of hydrogen-bond acceptors (Lipinski definition) is 4. The molecule has 0 bridgehead atoms. The van der Waals surface area contributed by atoms with E-state index in [-0.39, 0.29) is 5.60 Å². The number of ether oxygens (including phenoxy) is 1. The van der Waals surface area contributed by atoms with Crippen molar-refractivity contribution < 1.29 is 4.74 Å². The molecule has 1 aromatic carbocycles. The van der Waals surface area contributed by atoms with Crippen molar-refractivity contribution in [3.8, 4) is 17.1 Å². The van der Waals surface area contributed by atoms with Gasteiger partial charge in [-0.25, -0.2) is 9.97 Å². The fourth-order valence-corrected chi connectivity index (χ4v) is 2.43. The summed E-state index contributed by atoms with van der Waals surface area (Å²) in [5.74, 6) is 0.860. The maximum Gasteiger partial charge on any atom is 0.133 e. The van der Waals surface area contributed by atoms with Crippen LogP contribution in [0.5, 0.6) is 5.75 Å². The smallest absolute Gasteiger partial charge is 0.133 e. The summed E-state index contributed by atoms with van der Waals surface area (Å²) in [4.78, 5) is 8.10. The minimum atomic E-state index is 0.0106. The lowest BCUT2D eigenvalue weighted by atomic mass is 10.1. The van der Waals surface area contributed by atoms with Gasteiger partial charge in [-0.3, -0.25) is 5.10 Å². The largest absolute Gasteiger partial charge is 0.487 e. The Morgan fingerprint density at radius 2 is 2.10 bits per heavy atom. The summed E-state index contributed by atoms with van der Waals surface area (Å²) in [6.07, 6.45) is 3.65. The fourth-order valence-electron chi connectivity index (χ4n) is 2.28. The van der Waals surface area contributed by atoms with Crippen LogP contribution in [0, 0.1) is 0 Å². The van der Waals surface area contributed by atoms with Gasteiger partial charge in [-0.1, -0.05) is 11.6 Å². The third-order valence-corrected chi connectivity index (χ3v) is 3.94. The molecule has 1 N–H and O–H groups in total. The molecule has 0 saturated heterocycles. The lowest BCUT2D eigenvalue weighted by Gasteiger charge is -2.12. The molecule has 1 saturated carbocycles. The van der Waals surface area contributed by atoms with Crippen LogP contribution in [0.2, 0.25) is 5.15 Å². The van der Waals surface area contributed by atoms with Crippen LogP contribution in [-0.4, -0.2) is 25.8 Å². The first kappa shape index (κ1) is 12.6. The van der Waals surface area contributed by atoms with Gasteiger partial charge < -0.3 is 4.74 Å². The van der Waals surface area contributed by atoms with Crippen LogP contribution >= 0.6 is 11.6 Å². The first-order chi connectivity index (χ1) is 10.1. The van der Waals surface area contributed by atoms with Gasteiger partial charge in [0, 0.05) is 17.5 Å². The van der Waals surface area contributed by atoms with Crippen LogP contribution in [0.3, 0.4) is 0 Å². The summed E-state index contributed by atoms with van der Waals surface area (Å²) in [7, 11) is 0. The molecule has 1 fully saturated rings. The molecule has 0 amide bonds. The fraction of sp³-hybridized carbons (Fsp3) is 0.267. The molecule has 5 nitrogen and oxygen atoms in total. The predicted octanol–water partition coefficient (Wildman–Crippen LogP) is 3.60. The van der Waals surface area contributed by atoms with Gasteiger partial charge in [-0.05, 0) is 31.9 Å². The minimum absolute atomic E-state index is 0.0106. The van der Waals surface area contributed by atoms with Crippen molar-refractivity contribution in [1.82, 2.24) is 20.2 Å². The Morgan fingerprint density at radius 1 is 1.24 bits per heavy atom. The van der Waals surface area contributed by atoms with E-state index in [1.807, 2.05) is 18.2 Å². The van der Waals surface area contributed by atoms with Gasteiger partial charge in [0.05, 0.1) is 11.2 Å². The number of benzene rings is 1. The van der Waals surface area contributed by atoms with E-state index in [2.05, 4.69) is 27.1 Å². The third kappa shape index (κ3) is 2.34. The number of rotatable bonds is 3. The van der Waals surface area contributed by atoms with Gasteiger partial charge in [0.25, 0.3) is 0 Å². The van der Waals surface area contributed by atoms with Crippen LogP contribution in [0.1, 0.15) is 19.8 Å². The normalized spacial score (nSPS) is 16.1. The number of fused-ring (bicyclic) bond motifs is 1. The average molecular weight is 301 g/mol. The zero-order valence-corrected chi connectivity index (χ0v) is 12.2. The van der Waals surface area contributed by atoms with Crippen molar-refractivity contribution in [1.29, 1.82) is 0 Å². The summed E-state index contributed by atoms with van der Waals surface area (Å²) in [6.45, 7) is 2.12. The SMILES string of the molecule is CC1(Oc2ccc3c(-c4cc(Cl)ncn4)n[nH]c3c2)CC1. The maximum absolute atomic E-state index is 5.96. The van der Waals surface area contributed by atoms with Gasteiger partial charge in [-0.2, -0.15) is 5.10 Å². The van der Waals surface area contributed by atoms with E-state index in [9.17, 15) is 0 Å². The lowest BCUT2D eigenvalue weighted by Crippen LogP contribution is -2.11. The number of nitrogens with one attached hydrogen (secondary N) is 1. The Hall–Kier alpha value is -2.14. The van der Waals surface area contributed by atoms with E-state index in [1.54, 1.807) is 6.07 Å². The quantitative estimate of drug-likeness (QED) is 0.751. The molecule has 1 aliphatic rings. The van der Waals surface area contributed by atoms with Gasteiger partial charge in [0.15, 0.2) is 0 Å². The topological polar surface area (TPSA) is 63.7 Å². The summed E-state index contributed by atoms with van der Waals surface area (Å²) >= 11 is 5.91. The summed E-state index contributed by atoms with van der Waals surface area (Å²) < 4.78 is 5.96. The molecule has 0 radical (unpaired) electrons. The van der Waals surface area contributed by atoms with E-state index < -0.39 is 0 Å². The lowest BCUT2D eigenvalue weighted by molar-refractivity contribution is 0.200. The van der Waals surface area contributed by atoms with Crippen LogP contribution in [0.25, 0.3) is 22.3 Å². The molecule has 3 aromatic rings. The number of hydrogen-bond donors (Lipinski definition) is 1. The number of aromatic amines is 1. The van der Waals surface area contributed by atoms with Crippen LogP contribution in [-0.2, 0) is 0 Å². The van der Waals surface area contributed by atoms with E-state index in [4.69, 9.17) is 16.3 Å². The summed E-state index contributed by atoms with van der Waals surface area (Å²) in [5.41, 5.74) is 2.39. The zero-order valence-electron chi connectivity index (χ0n) is 11.4. The van der Waals surface area contributed by atoms with Gasteiger partial charge in [0.2, 0.25) is 0 Å². The standard InChI is InChI=1S/C15H13ClN4O/c1-15(4-5-15)21-9-2-3-10-11(6-9)19-20-14(10)12-7-13(16)18-8-17-12/h2-3,6-8H,4-5H2,1H3,(H,19,20). The van der Waals surface area contributed by atoms with E-state index in [0.717, 1.165) is 35.2 Å². The molecule has 2 heterocycles. The second kappa shape index (κ2) is 4.43. The Balaban J connectivity index is 1.75. The predicted molar refractivity (Wildman–Crippen MR) is 80.4 cm³/mol. The molecule has 0 atom stereocenters. The Morgan fingerprint density at radius 3 is 2.86 bits per heavy atom. The first-order valence-corrected chi connectivity index (χ1v) is 7.16. The van der Waals surface area contributed by atoms with Crippen LogP contribution < -0.4 is 4.74 Å². The molecular weight excluding hydrogens is 288 g/mol. The number of H-pyrrole nitrogens is 1. The monoisotopic (exact) mass is 300 g/mol. The maximum atomic E-state index is 5.96. The van der Waals surface area contributed by atoms with E-state index >= 15 is 0 Å². The molecule has 106 valence electrons. The van der Waals surface area contributed by atoms with E-state index in [1.165, 1.54) is 6.33 Å². The minimum Gasteiger partial charge on any atom is -0.487 e. The molecule has 0 unspecified atom stereocenters. The van der Waals surface area contributed by atoms with Crippen LogP contribution in [0.4, 0.5) is 0 Å². The molecule has 0 aliphatic heterocycles. The molecule has 2 aromatic heterocycles. The second-order valence-corrected chi connectivity index (χ2v) is 5.94. The Labute approximate surface area is 126 Å². The van der Waals surface area contributed by atoms with Crippen molar-refractivity contribution in [3.63, 3.8) is 0 Å². The second-order valence-electron chi connectivity index (χ2n) is 5.56. The molecule has 0 spiro atoms. The van der Waals surface area contributed by atoms with Gasteiger partial charge >= 0.3 is 0 Å². The van der Waals surface area contributed by atoms with Crippen LogP contribution in [0.15, 0.2) is 30.6 Å².